The number of ether oxygens (including phenoxy) is 1. The number of hydrogen-bond donors (Lipinski definition) is 1. The Morgan fingerprint density at radius 2 is 1.72 bits per heavy atom. The van der Waals surface area contributed by atoms with E-state index in [1.165, 1.54) is 5.56 Å². The van der Waals surface area contributed by atoms with E-state index in [2.05, 4.69) is 29.3 Å². The molecule has 1 saturated heterocycles. The molecule has 0 saturated carbocycles. The maximum atomic E-state index is 12.8. The number of para-hydroxylation sites is 1. The molecule has 2 aliphatic heterocycles. The Hall–Kier alpha value is -2.86. The molecule has 0 atom stereocenters. The van der Waals surface area contributed by atoms with Crippen LogP contribution in [0.2, 0.25) is 0 Å². The second-order valence-corrected chi connectivity index (χ2v) is 9.37. The Balaban J connectivity index is 1.41. The lowest BCUT2D eigenvalue weighted by atomic mass is 9.90. The summed E-state index contributed by atoms with van der Waals surface area (Å²) in [7, 11) is 0. The molecule has 0 bridgehead atoms. The number of carbonyl (C=O) groups is 2. The molecule has 6 nitrogen and oxygen atoms in total. The third-order valence-electron chi connectivity index (χ3n) is 6.66. The molecule has 2 amide bonds. The van der Waals surface area contributed by atoms with E-state index in [0.717, 1.165) is 54.1 Å². The van der Waals surface area contributed by atoms with Crippen LogP contribution in [-0.4, -0.2) is 53.4 Å². The molecule has 32 heavy (non-hydrogen) atoms. The second kappa shape index (κ2) is 8.94. The van der Waals surface area contributed by atoms with Gasteiger partial charge < -0.3 is 15.0 Å². The molecule has 1 N–H and O–H groups in total. The number of nitrogens with zero attached hydrogens (tertiary/aromatic N) is 2. The van der Waals surface area contributed by atoms with Crippen molar-refractivity contribution in [2.24, 2.45) is 0 Å². The maximum Gasteiger partial charge on any atom is 0.238 e. The fraction of sp³-hybridized carbons (Fsp3) is 0.462. The van der Waals surface area contributed by atoms with Crippen LogP contribution in [-0.2, 0) is 16.1 Å². The molecule has 2 aromatic carbocycles. The molecule has 2 aromatic rings. The second-order valence-electron chi connectivity index (χ2n) is 9.37. The average Bonchev–Trinajstić information content (AvgIpc) is 2.89. The van der Waals surface area contributed by atoms with Gasteiger partial charge in [-0.1, -0.05) is 35.9 Å². The van der Waals surface area contributed by atoms with Crippen molar-refractivity contribution in [1.82, 2.24) is 9.80 Å². The summed E-state index contributed by atoms with van der Waals surface area (Å²) >= 11 is 0. The minimum absolute atomic E-state index is 0.00787. The van der Waals surface area contributed by atoms with E-state index in [4.69, 9.17) is 4.74 Å². The molecule has 0 aromatic heterocycles. The fourth-order valence-corrected chi connectivity index (χ4v) is 4.97. The zero-order valence-electron chi connectivity index (χ0n) is 19.5. The summed E-state index contributed by atoms with van der Waals surface area (Å²) in [5.74, 6) is 0.941. The smallest absolute Gasteiger partial charge is 0.238 e. The first kappa shape index (κ1) is 22.3. The van der Waals surface area contributed by atoms with Gasteiger partial charge in [0, 0.05) is 50.7 Å². The van der Waals surface area contributed by atoms with Crippen LogP contribution in [0.15, 0.2) is 36.4 Å². The van der Waals surface area contributed by atoms with E-state index in [9.17, 15) is 9.59 Å². The first-order chi connectivity index (χ1) is 15.2. The number of anilines is 1. The van der Waals surface area contributed by atoms with E-state index in [1.54, 1.807) is 6.92 Å². The molecule has 2 aliphatic rings. The van der Waals surface area contributed by atoms with E-state index in [-0.39, 0.29) is 11.8 Å². The van der Waals surface area contributed by atoms with E-state index in [0.29, 0.717) is 19.6 Å². The first-order valence-corrected chi connectivity index (χ1v) is 11.4. The zero-order valence-corrected chi connectivity index (χ0v) is 19.5. The Morgan fingerprint density at radius 3 is 2.38 bits per heavy atom. The molecule has 2 heterocycles. The van der Waals surface area contributed by atoms with Crippen molar-refractivity contribution in [3.05, 3.63) is 58.7 Å². The Morgan fingerprint density at radius 1 is 1.06 bits per heavy atom. The molecule has 1 fully saturated rings. The number of benzene rings is 2. The fourth-order valence-electron chi connectivity index (χ4n) is 4.97. The van der Waals surface area contributed by atoms with Gasteiger partial charge in [0.2, 0.25) is 11.8 Å². The molecule has 0 radical (unpaired) electrons. The largest absolute Gasteiger partial charge is 0.485 e. The Labute approximate surface area is 190 Å². The quantitative estimate of drug-likeness (QED) is 0.796. The number of rotatable bonds is 3. The summed E-state index contributed by atoms with van der Waals surface area (Å²) in [6, 6.07) is 12.2. The SMILES string of the molecule is CC(=O)N1Cc2ccccc2OC2(CCN(CC(=O)Nc3c(C)cc(C)cc3C)CC2)C1. The van der Waals surface area contributed by atoms with Crippen LogP contribution < -0.4 is 10.1 Å². The molecular formula is C26H33N3O3. The highest BCUT2D eigenvalue weighted by Crippen LogP contribution is 2.35. The van der Waals surface area contributed by atoms with Crippen molar-refractivity contribution < 1.29 is 14.3 Å². The van der Waals surface area contributed by atoms with Crippen molar-refractivity contribution >= 4 is 17.5 Å². The lowest BCUT2D eigenvalue weighted by molar-refractivity contribution is -0.132. The average molecular weight is 436 g/mol. The maximum absolute atomic E-state index is 12.8. The molecule has 0 aliphatic carbocycles. The number of likely N-dealkylation sites (tertiary alicyclic amines) is 1. The van der Waals surface area contributed by atoms with Crippen molar-refractivity contribution in [1.29, 1.82) is 0 Å². The lowest BCUT2D eigenvalue weighted by Crippen LogP contribution is -2.54. The zero-order chi connectivity index (χ0) is 22.9. The number of fused-ring (bicyclic) bond motifs is 1. The topological polar surface area (TPSA) is 61.9 Å². The van der Waals surface area contributed by atoms with Gasteiger partial charge in [0.25, 0.3) is 0 Å². The number of hydrogen-bond acceptors (Lipinski definition) is 4. The van der Waals surface area contributed by atoms with Gasteiger partial charge in [-0.25, -0.2) is 0 Å². The van der Waals surface area contributed by atoms with Crippen LogP contribution in [0, 0.1) is 20.8 Å². The summed E-state index contributed by atoms with van der Waals surface area (Å²) in [4.78, 5) is 29.1. The van der Waals surface area contributed by atoms with Gasteiger partial charge in [-0.2, -0.15) is 0 Å². The Bertz CT molecular complexity index is 1000. The highest BCUT2D eigenvalue weighted by molar-refractivity contribution is 5.93. The number of amides is 2. The molecule has 170 valence electrons. The summed E-state index contributed by atoms with van der Waals surface area (Å²) in [6.07, 6.45) is 1.56. The van der Waals surface area contributed by atoms with Gasteiger partial charge in [-0.05, 0) is 38.0 Å². The van der Waals surface area contributed by atoms with Crippen molar-refractivity contribution in [3.8, 4) is 5.75 Å². The number of nitrogens with one attached hydrogen (secondary N) is 1. The summed E-state index contributed by atoms with van der Waals surface area (Å²) in [6.45, 7) is 10.8. The van der Waals surface area contributed by atoms with Crippen LogP contribution in [0.25, 0.3) is 0 Å². The third-order valence-corrected chi connectivity index (χ3v) is 6.66. The Kier molecular flexibility index (Phi) is 6.24. The summed E-state index contributed by atoms with van der Waals surface area (Å²) in [5.41, 5.74) is 4.92. The number of aryl methyl sites for hydroxylation is 3. The van der Waals surface area contributed by atoms with Crippen LogP contribution in [0.5, 0.6) is 5.75 Å². The number of carbonyl (C=O) groups excluding carboxylic acids is 2. The van der Waals surface area contributed by atoms with Crippen molar-refractivity contribution in [3.63, 3.8) is 0 Å². The summed E-state index contributed by atoms with van der Waals surface area (Å²) in [5, 5.41) is 3.10. The van der Waals surface area contributed by atoms with Crippen LogP contribution in [0.4, 0.5) is 5.69 Å². The van der Waals surface area contributed by atoms with E-state index < -0.39 is 5.60 Å². The first-order valence-electron chi connectivity index (χ1n) is 11.4. The lowest BCUT2D eigenvalue weighted by Gasteiger charge is -2.42. The van der Waals surface area contributed by atoms with Crippen molar-refractivity contribution in [2.75, 3.05) is 31.5 Å². The van der Waals surface area contributed by atoms with Crippen molar-refractivity contribution in [2.45, 2.75) is 52.7 Å². The predicted molar refractivity (Wildman–Crippen MR) is 126 cm³/mol. The number of piperidine rings is 1. The molecular weight excluding hydrogens is 402 g/mol. The monoisotopic (exact) mass is 435 g/mol. The van der Waals surface area contributed by atoms with Gasteiger partial charge in [0.15, 0.2) is 0 Å². The van der Waals surface area contributed by atoms with E-state index in [1.807, 2.05) is 43.0 Å². The minimum Gasteiger partial charge on any atom is -0.485 e. The molecule has 4 rings (SSSR count). The highest BCUT2D eigenvalue weighted by Gasteiger charge is 2.41. The minimum atomic E-state index is -0.407. The van der Waals surface area contributed by atoms with E-state index >= 15 is 0 Å². The van der Waals surface area contributed by atoms with Gasteiger partial charge in [-0.3, -0.25) is 14.5 Å². The van der Waals surface area contributed by atoms with Gasteiger partial charge in [0.05, 0.1) is 13.1 Å². The van der Waals surface area contributed by atoms with Gasteiger partial charge in [-0.15, -0.1) is 0 Å². The predicted octanol–water partition coefficient (Wildman–Crippen LogP) is 3.83. The normalized spacial score (nSPS) is 17.9. The highest BCUT2D eigenvalue weighted by atomic mass is 16.5. The third kappa shape index (κ3) is 4.80. The van der Waals surface area contributed by atoms with Crippen LogP contribution in [0.3, 0.4) is 0 Å². The van der Waals surface area contributed by atoms with Crippen LogP contribution in [0.1, 0.15) is 42.0 Å². The molecule has 1 spiro atoms. The van der Waals surface area contributed by atoms with Gasteiger partial charge in [0.1, 0.15) is 11.4 Å². The standard InChI is InChI=1S/C26H33N3O3/c1-18-13-19(2)25(20(3)14-18)27-24(31)16-28-11-9-26(10-12-28)17-29(21(4)30)15-22-7-5-6-8-23(22)32-26/h5-8,13-14H,9-12,15-17H2,1-4H3,(H,27,31). The van der Waals surface area contributed by atoms with Gasteiger partial charge >= 0.3 is 0 Å². The summed E-state index contributed by atoms with van der Waals surface area (Å²) < 4.78 is 6.54. The molecule has 0 unspecified atom stereocenters. The molecule has 6 heteroatoms. The van der Waals surface area contributed by atoms with Crippen LogP contribution >= 0.6 is 0 Å².